The number of anilines is 2. The molecule has 20 heavy (non-hydrogen) atoms. The standard InChI is InChI=1S/C14H20BrN3O2/c1-20-13-7-10(15)11(16)8-12(13)18-14(19)17-9-5-3-2-4-6-9/h7-9H,2-6,16H2,1H3,(H2,17,18,19). The van der Waals surface area contributed by atoms with Gasteiger partial charge in [-0.05, 0) is 40.9 Å². The Bertz CT molecular complexity index is 488. The number of nitrogen functional groups attached to an aromatic ring is 1. The van der Waals surface area contributed by atoms with Gasteiger partial charge in [-0.15, -0.1) is 0 Å². The molecule has 1 fully saturated rings. The number of urea groups is 1. The van der Waals surface area contributed by atoms with Crippen molar-refractivity contribution in [1.29, 1.82) is 0 Å². The van der Waals surface area contributed by atoms with Gasteiger partial charge in [-0.25, -0.2) is 4.79 Å². The van der Waals surface area contributed by atoms with E-state index in [9.17, 15) is 4.79 Å². The summed E-state index contributed by atoms with van der Waals surface area (Å²) in [6, 6.07) is 3.48. The number of halogens is 1. The predicted molar refractivity (Wildman–Crippen MR) is 84.1 cm³/mol. The Balaban J connectivity index is 2.01. The Kier molecular flexibility index (Phi) is 5.11. The summed E-state index contributed by atoms with van der Waals surface area (Å²) in [6.07, 6.45) is 5.72. The first kappa shape index (κ1) is 15.0. The number of hydrogen-bond donors (Lipinski definition) is 3. The topological polar surface area (TPSA) is 76.4 Å². The van der Waals surface area contributed by atoms with E-state index >= 15 is 0 Å². The first-order valence-corrected chi connectivity index (χ1v) is 7.60. The zero-order valence-electron chi connectivity index (χ0n) is 11.5. The van der Waals surface area contributed by atoms with Gasteiger partial charge >= 0.3 is 6.03 Å². The number of nitrogens with two attached hydrogens (primary N) is 1. The molecule has 0 spiro atoms. The highest BCUT2D eigenvalue weighted by Crippen LogP contribution is 2.33. The quantitative estimate of drug-likeness (QED) is 0.736. The smallest absolute Gasteiger partial charge is 0.319 e. The second-order valence-electron chi connectivity index (χ2n) is 5.01. The van der Waals surface area contributed by atoms with Crippen LogP contribution in [0.2, 0.25) is 0 Å². The number of nitrogens with one attached hydrogen (secondary N) is 2. The molecule has 1 aromatic rings. The van der Waals surface area contributed by atoms with Crippen LogP contribution in [0.15, 0.2) is 16.6 Å². The highest BCUT2D eigenvalue weighted by Gasteiger charge is 2.17. The number of benzene rings is 1. The molecule has 0 saturated heterocycles. The van der Waals surface area contributed by atoms with E-state index in [-0.39, 0.29) is 12.1 Å². The Morgan fingerprint density at radius 2 is 2.05 bits per heavy atom. The fourth-order valence-corrected chi connectivity index (χ4v) is 2.75. The van der Waals surface area contributed by atoms with Crippen LogP contribution in [-0.2, 0) is 0 Å². The SMILES string of the molecule is COc1cc(Br)c(N)cc1NC(=O)NC1CCCCC1. The average molecular weight is 342 g/mol. The van der Waals surface area contributed by atoms with Crippen molar-refractivity contribution < 1.29 is 9.53 Å². The van der Waals surface area contributed by atoms with Crippen molar-refractivity contribution in [3.63, 3.8) is 0 Å². The lowest BCUT2D eigenvalue weighted by Crippen LogP contribution is -2.39. The maximum absolute atomic E-state index is 12.0. The fraction of sp³-hybridized carbons (Fsp3) is 0.500. The molecule has 1 saturated carbocycles. The molecule has 4 N–H and O–H groups in total. The number of methoxy groups -OCH3 is 1. The molecule has 0 bridgehead atoms. The minimum absolute atomic E-state index is 0.211. The maximum atomic E-state index is 12.0. The van der Waals surface area contributed by atoms with E-state index in [1.165, 1.54) is 19.3 Å². The van der Waals surface area contributed by atoms with E-state index in [2.05, 4.69) is 26.6 Å². The monoisotopic (exact) mass is 341 g/mol. The van der Waals surface area contributed by atoms with Gasteiger partial charge in [0.1, 0.15) is 5.75 Å². The molecule has 0 radical (unpaired) electrons. The fourth-order valence-electron chi connectivity index (χ4n) is 2.43. The van der Waals surface area contributed by atoms with Crippen LogP contribution in [0, 0.1) is 0 Å². The van der Waals surface area contributed by atoms with Crippen molar-refractivity contribution in [3.05, 3.63) is 16.6 Å². The van der Waals surface area contributed by atoms with Gasteiger partial charge in [-0.3, -0.25) is 0 Å². The molecular weight excluding hydrogens is 322 g/mol. The van der Waals surface area contributed by atoms with E-state index in [0.717, 1.165) is 17.3 Å². The summed E-state index contributed by atoms with van der Waals surface area (Å²) < 4.78 is 5.99. The molecule has 2 rings (SSSR count). The highest BCUT2D eigenvalue weighted by atomic mass is 79.9. The lowest BCUT2D eigenvalue weighted by atomic mass is 9.96. The lowest BCUT2D eigenvalue weighted by Gasteiger charge is -2.23. The average Bonchev–Trinajstić information content (AvgIpc) is 2.43. The number of hydrogen-bond acceptors (Lipinski definition) is 3. The first-order valence-electron chi connectivity index (χ1n) is 6.80. The Morgan fingerprint density at radius 3 is 2.70 bits per heavy atom. The molecule has 0 aliphatic heterocycles. The lowest BCUT2D eigenvalue weighted by molar-refractivity contribution is 0.244. The zero-order chi connectivity index (χ0) is 14.5. The van der Waals surface area contributed by atoms with E-state index in [1.54, 1.807) is 19.2 Å². The zero-order valence-corrected chi connectivity index (χ0v) is 13.1. The summed E-state index contributed by atoms with van der Waals surface area (Å²) in [5.74, 6) is 0.574. The second kappa shape index (κ2) is 6.83. The molecule has 0 atom stereocenters. The minimum Gasteiger partial charge on any atom is -0.495 e. The van der Waals surface area contributed by atoms with Gasteiger partial charge in [-0.2, -0.15) is 0 Å². The normalized spacial score (nSPS) is 15.7. The van der Waals surface area contributed by atoms with E-state index in [1.807, 2.05) is 0 Å². The van der Waals surface area contributed by atoms with Crippen LogP contribution >= 0.6 is 15.9 Å². The van der Waals surface area contributed by atoms with E-state index in [4.69, 9.17) is 10.5 Å². The number of carbonyl (C=O) groups excluding carboxylic acids is 1. The Morgan fingerprint density at radius 1 is 1.35 bits per heavy atom. The van der Waals surface area contributed by atoms with E-state index in [0.29, 0.717) is 17.1 Å². The predicted octanol–water partition coefficient (Wildman–Crippen LogP) is 3.49. The molecule has 5 nitrogen and oxygen atoms in total. The van der Waals surface area contributed by atoms with Crippen LogP contribution in [-0.4, -0.2) is 19.2 Å². The van der Waals surface area contributed by atoms with Crippen molar-refractivity contribution in [1.82, 2.24) is 5.32 Å². The van der Waals surface area contributed by atoms with Gasteiger partial charge in [0.2, 0.25) is 0 Å². The second-order valence-corrected chi connectivity index (χ2v) is 5.86. The number of amides is 2. The summed E-state index contributed by atoms with van der Waals surface area (Å²) in [5.41, 5.74) is 6.96. The Hall–Kier alpha value is -1.43. The summed E-state index contributed by atoms with van der Waals surface area (Å²) in [5, 5.41) is 5.80. The summed E-state index contributed by atoms with van der Waals surface area (Å²) in [4.78, 5) is 12.0. The molecule has 0 unspecified atom stereocenters. The number of ether oxygens (including phenoxy) is 1. The van der Waals surface area contributed by atoms with Gasteiger partial charge < -0.3 is 21.1 Å². The van der Waals surface area contributed by atoms with Gasteiger partial charge in [0.15, 0.2) is 0 Å². The van der Waals surface area contributed by atoms with Crippen LogP contribution in [0.3, 0.4) is 0 Å². The Labute approximate surface area is 127 Å². The van der Waals surface area contributed by atoms with Crippen molar-refractivity contribution in [2.75, 3.05) is 18.2 Å². The molecule has 1 aromatic carbocycles. The van der Waals surface area contributed by atoms with Crippen molar-refractivity contribution >= 4 is 33.3 Å². The molecular formula is C14H20BrN3O2. The molecule has 2 amide bonds. The molecule has 1 aliphatic carbocycles. The van der Waals surface area contributed by atoms with E-state index < -0.39 is 0 Å². The summed E-state index contributed by atoms with van der Waals surface area (Å²) >= 11 is 3.33. The minimum atomic E-state index is -0.211. The van der Waals surface area contributed by atoms with Crippen LogP contribution in [0.5, 0.6) is 5.75 Å². The van der Waals surface area contributed by atoms with Gasteiger partial charge in [0, 0.05) is 16.2 Å². The largest absolute Gasteiger partial charge is 0.495 e. The molecule has 6 heteroatoms. The summed E-state index contributed by atoms with van der Waals surface area (Å²) in [6.45, 7) is 0. The maximum Gasteiger partial charge on any atom is 0.319 e. The molecule has 110 valence electrons. The van der Waals surface area contributed by atoms with Crippen molar-refractivity contribution in [2.24, 2.45) is 0 Å². The van der Waals surface area contributed by atoms with Crippen LogP contribution < -0.4 is 21.1 Å². The van der Waals surface area contributed by atoms with Crippen molar-refractivity contribution in [2.45, 2.75) is 38.1 Å². The van der Waals surface area contributed by atoms with Crippen LogP contribution in [0.4, 0.5) is 16.2 Å². The molecule has 0 heterocycles. The van der Waals surface area contributed by atoms with Crippen LogP contribution in [0.1, 0.15) is 32.1 Å². The highest BCUT2D eigenvalue weighted by molar-refractivity contribution is 9.10. The molecule has 1 aliphatic rings. The van der Waals surface area contributed by atoms with Gasteiger partial charge in [0.25, 0.3) is 0 Å². The third-order valence-electron chi connectivity index (χ3n) is 3.51. The molecule has 0 aromatic heterocycles. The van der Waals surface area contributed by atoms with Gasteiger partial charge in [-0.1, -0.05) is 19.3 Å². The number of rotatable bonds is 3. The third-order valence-corrected chi connectivity index (χ3v) is 4.19. The van der Waals surface area contributed by atoms with Gasteiger partial charge in [0.05, 0.1) is 12.8 Å². The third kappa shape index (κ3) is 3.79. The first-order chi connectivity index (χ1) is 9.60. The summed E-state index contributed by atoms with van der Waals surface area (Å²) in [7, 11) is 1.56. The van der Waals surface area contributed by atoms with Crippen LogP contribution in [0.25, 0.3) is 0 Å². The number of carbonyl (C=O) groups is 1. The van der Waals surface area contributed by atoms with Crippen molar-refractivity contribution in [3.8, 4) is 5.75 Å².